The average Bonchev–Trinajstić information content (AvgIpc) is 3.06. The molecule has 0 unspecified atom stereocenters. The third-order valence-electron chi connectivity index (χ3n) is 4.64. The van der Waals surface area contributed by atoms with E-state index in [1.165, 1.54) is 12.1 Å². The van der Waals surface area contributed by atoms with Gasteiger partial charge in [0.1, 0.15) is 11.6 Å². The minimum atomic E-state index is -0.314. The van der Waals surface area contributed by atoms with E-state index in [4.69, 9.17) is 16.1 Å². The fourth-order valence-corrected chi connectivity index (χ4v) is 3.47. The Balaban J connectivity index is 0.00000280. The summed E-state index contributed by atoms with van der Waals surface area (Å²) >= 11 is 6.09. The van der Waals surface area contributed by atoms with Crippen molar-refractivity contribution in [2.24, 2.45) is 4.99 Å². The van der Waals surface area contributed by atoms with Crippen molar-refractivity contribution >= 4 is 41.5 Å². The lowest BCUT2D eigenvalue weighted by atomic mass is 10.1. The van der Waals surface area contributed by atoms with Gasteiger partial charge in [-0.3, -0.25) is 9.89 Å². The molecular weight excluding hydrogens is 496 g/mol. The molecule has 1 aromatic heterocycles. The zero-order valence-electron chi connectivity index (χ0n) is 16.1. The van der Waals surface area contributed by atoms with E-state index < -0.39 is 0 Å². The van der Waals surface area contributed by atoms with Crippen LogP contribution >= 0.6 is 35.6 Å². The molecule has 0 atom stereocenters. The van der Waals surface area contributed by atoms with Gasteiger partial charge in [0.2, 0.25) is 0 Å². The predicted octanol–water partition coefficient (Wildman–Crippen LogP) is 3.33. The number of nitrogens with zero attached hydrogens (tertiary/aromatic N) is 4. The van der Waals surface area contributed by atoms with Crippen LogP contribution in [0.4, 0.5) is 4.39 Å². The normalized spacial score (nSPS) is 15.4. The number of guanidine groups is 1. The summed E-state index contributed by atoms with van der Waals surface area (Å²) in [6.45, 7) is 7.08. The van der Waals surface area contributed by atoms with Gasteiger partial charge in [-0.25, -0.2) is 4.39 Å². The maximum atomic E-state index is 13.1. The van der Waals surface area contributed by atoms with E-state index in [1.54, 1.807) is 13.1 Å². The van der Waals surface area contributed by atoms with Gasteiger partial charge in [0.25, 0.3) is 0 Å². The molecule has 1 aliphatic heterocycles. The van der Waals surface area contributed by atoms with Crippen LogP contribution in [-0.2, 0) is 13.0 Å². The van der Waals surface area contributed by atoms with Crippen LogP contribution < -0.4 is 5.32 Å². The highest BCUT2D eigenvalue weighted by Gasteiger charge is 2.20. The quantitative estimate of drug-likeness (QED) is 0.372. The number of aromatic nitrogens is 1. The summed E-state index contributed by atoms with van der Waals surface area (Å²) in [4.78, 5) is 8.99. The third-order valence-corrected chi connectivity index (χ3v) is 4.99. The van der Waals surface area contributed by atoms with Gasteiger partial charge in [-0.05, 0) is 31.0 Å². The lowest BCUT2D eigenvalue weighted by molar-refractivity contribution is 0.169. The Kier molecular flexibility index (Phi) is 8.97. The number of hydrogen-bond acceptors (Lipinski definition) is 4. The Morgan fingerprint density at radius 3 is 2.64 bits per heavy atom. The fraction of sp³-hybridized carbons (Fsp3) is 0.474. The molecular formula is C19H26ClFIN5O. The predicted molar refractivity (Wildman–Crippen MR) is 120 cm³/mol. The number of aliphatic imine (C=N–C) groups is 1. The summed E-state index contributed by atoms with van der Waals surface area (Å²) in [5.41, 5.74) is 1.90. The fourth-order valence-electron chi connectivity index (χ4n) is 3.21. The summed E-state index contributed by atoms with van der Waals surface area (Å²) in [6.07, 6.45) is 0.712. The van der Waals surface area contributed by atoms with Gasteiger partial charge < -0.3 is 14.7 Å². The van der Waals surface area contributed by atoms with Crippen LogP contribution in [0.1, 0.15) is 17.0 Å². The first-order valence-electron chi connectivity index (χ1n) is 9.09. The monoisotopic (exact) mass is 521 g/mol. The average molecular weight is 522 g/mol. The topological polar surface area (TPSA) is 56.9 Å². The van der Waals surface area contributed by atoms with E-state index in [9.17, 15) is 4.39 Å². The Hall–Kier alpha value is -1.39. The van der Waals surface area contributed by atoms with Crippen molar-refractivity contribution in [1.29, 1.82) is 0 Å². The van der Waals surface area contributed by atoms with Crippen molar-refractivity contribution < 1.29 is 8.91 Å². The molecule has 2 aromatic rings. The second kappa shape index (κ2) is 11.0. The zero-order chi connectivity index (χ0) is 19.2. The molecule has 1 saturated heterocycles. The number of piperazine rings is 1. The van der Waals surface area contributed by atoms with E-state index >= 15 is 0 Å². The van der Waals surface area contributed by atoms with Gasteiger partial charge in [0.15, 0.2) is 5.96 Å². The molecule has 0 amide bonds. The molecule has 1 aromatic carbocycles. The van der Waals surface area contributed by atoms with E-state index in [2.05, 4.69) is 25.3 Å². The minimum absolute atomic E-state index is 0. The van der Waals surface area contributed by atoms with Crippen LogP contribution in [0.15, 0.2) is 33.8 Å². The molecule has 154 valence electrons. The molecule has 1 fully saturated rings. The van der Waals surface area contributed by atoms with Crippen molar-refractivity contribution in [2.75, 3.05) is 39.8 Å². The maximum absolute atomic E-state index is 13.1. The summed E-state index contributed by atoms with van der Waals surface area (Å²) in [5.74, 6) is 1.41. The standard InChI is InChI=1S/C19H25ClFN5O.HI/c1-14-11-17(24-27-14)13-25-7-9-26(10-8-25)19(22-2)23-6-5-15-3-4-16(21)12-18(15)20;/h3-4,11-12H,5-10,13H2,1-2H3,(H,22,23);1H. The molecule has 0 saturated carbocycles. The zero-order valence-corrected chi connectivity index (χ0v) is 19.2. The molecule has 2 heterocycles. The van der Waals surface area contributed by atoms with Gasteiger partial charge in [-0.1, -0.05) is 22.8 Å². The van der Waals surface area contributed by atoms with Crippen LogP contribution in [0.2, 0.25) is 5.02 Å². The molecule has 0 bridgehead atoms. The first-order valence-corrected chi connectivity index (χ1v) is 9.47. The second-order valence-electron chi connectivity index (χ2n) is 6.65. The Morgan fingerprint density at radius 2 is 2.04 bits per heavy atom. The number of nitrogens with one attached hydrogen (secondary N) is 1. The van der Waals surface area contributed by atoms with Gasteiger partial charge >= 0.3 is 0 Å². The number of rotatable bonds is 5. The number of aryl methyl sites for hydroxylation is 1. The molecule has 1 aliphatic rings. The van der Waals surface area contributed by atoms with Crippen molar-refractivity contribution in [3.05, 3.63) is 52.1 Å². The Labute approximate surface area is 187 Å². The lowest BCUT2D eigenvalue weighted by Gasteiger charge is -2.36. The number of halogens is 3. The maximum Gasteiger partial charge on any atom is 0.193 e. The second-order valence-corrected chi connectivity index (χ2v) is 7.06. The summed E-state index contributed by atoms with van der Waals surface area (Å²) < 4.78 is 18.3. The van der Waals surface area contributed by atoms with E-state index in [0.717, 1.165) is 55.7 Å². The molecule has 28 heavy (non-hydrogen) atoms. The van der Waals surface area contributed by atoms with Crippen molar-refractivity contribution in [2.45, 2.75) is 19.9 Å². The van der Waals surface area contributed by atoms with Crippen LogP contribution in [-0.4, -0.2) is 60.7 Å². The van der Waals surface area contributed by atoms with Crippen molar-refractivity contribution in [3.63, 3.8) is 0 Å². The summed E-state index contributed by atoms with van der Waals surface area (Å²) in [7, 11) is 1.79. The third kappa shape index (κ3) is 6.31. The van der Waals surface area contributed by atoms with Crippen LogP contribution in [0.3, 0.4) is 0 Å². The van der Waals surface area contributed by atoms with Crippen molar-refractivity contribution in [1.82, 2.24) is 20.3 Å². The molecule has 6 nitrogen and oxygen atoms in total. The summed E-state index contributed by atoms with van der Waals surface area (Å²) in [5, 5.41) is 7.90. The highest BCUT2D eigenvalue weighted by molar-refractivity contribution is 14.0. The molecule has 0 spiro atoms. The number of hydrogen-bond donors (Lipinski definition) is 1. The van der Waals surface area contributed by atoms with Gasteiger partial charge in [0.05, 0.1) is 5.69 Å². The first kappa shape index (κ1) is 22.9. The molecule has 3 rings (SSSR count). The lowest BCUT2D eigenvalue weighted by Crippen LogP contribution is -2.52. The Morgan fingerprint density at radius 1 is 1.29 bits per heavy atom. The van der Waals surface area contributed by atoms with Crippen LogP contribution in [0.5, 0.6) is 0 Å². The number of benzene rings is 1. The largest absolute Gasteiger partial charge is 0.361 e. The van der Waals surface area contributed by atoms with Crippen LogP contribution in [0.25, 0.3) is 0 Å². The van der Waals surface area contributed by atoms with E-state index in [1.807, 2.05) is 13.0 Å². The van der Waals surface area contributed by atoms with Crippen molar-refractivity contribution in [3.8, 4) is 0 Å². The highest BCUT2D eigenvalue weighted by atomic mass is 127. The first-order chi connectivity index (χ1) is 13.0. The van der Waals surface area contributed by atoms with Gasteiger partial charge in [0, 0.05) is 57.4 Å². The van der Waals surface area contributed by atoms with Crippen LogP contribution in [0, 0.1) is 12.7 Å². The Bertz CT molecular complexity index is 792. The SMILES string of the molecule is CN=C(NCCc1ccc(F)cc1Cl)N1CCN(Cc2cc(C)on2)CC1.I. The van der Waals surface area contributed by atoms with Gasteiger partial charge in [-0.15, -0.1) is 24.0 Å². The minimum Gasteiger partial charge on any atom is -0.361 e. The van der Waals surface area contributed by atoms with E-state index in [-0.39, 0.29) is 29.8 Å². The molecule has 0 radical (unpaired) electrons. The molecule has 9 heteroatoms. The van der Waals surface area contributed by atoms with E-state index in [0.29, 0.717) is 18.0 Å². The smallest absolute Gasteiger partial charge is 0.193 e. The molecule has 1 N–H and O–H groups in total. The highest BCUT2D eigenvalue weighted by Crippen LogP contribution is 2.17. The van der Waals surface area contributed by atoms with Gasteiger partial charge in [-0.2, -0.15) is 0 Å². The molecule has 0 aliphatic carbocycles. The summed E-state index contributed by atoms with van der Waals surface area (Å²) in [6, 6.07) is 6.49.